The van der Waals surface area contributed by atoms with Gasteiger partial charge in [-0.25, -0.2) is 4.68 Å². The van der Waals surface area contributed by atoms with E-state index in [-0.39, 0.29) is 17.9 Å². The quantitative estimate of drug-likeness (QED) is 0.502. The van der Waals surface area contributed by atoms with Gasteiger partial charge in [-0.3, -0.25) is 15.0 Å². The molecular formula is C16H28N6O5S. The molecule has 0 N–H and O–H groups in total. The van der Waals surface area contributed by atoms with Crippen LogP contribution in [0.3, 0.4) is 0 Å². The number of nitrogens with zero attached hydrogens (tertiary/aromatic N) is 6. The maximum atomic E-state index is 13.0. The van der Waals surface area contributed by atoms with Gasteiger partial charge in [0, 0.05) is 39.3 Å². The number of morpholine rings is 1. The van der Waals surface area contributed by atoms with Gasteiger partial charge < -0.3 is 4.74 Å². The number of aromatic nitrogens is 2. The Balaban J connectivity index is 1.62. The van der Waals surface area contributed by atoms with Gasteiger partial charge in [-0.1, -0.05) is 0 Å². The zero-order valence-corrected chi connectivity index (χ0v) is 17.6. The van der Waals surface area contributed by atoms with Gasteiger partial charge in [-0.05, 0) is 27.7 Å². The van der Waals surface area contributed by atoms with Crippen molar-refractivity contribution in [2.45, 2.75) is 46.6 Å². The molecule has 0 radical (unpaired) electrons. The van der Waals surface area contributed by atoms with Crippen molar-refractivity contribution in [2.75, 3.05) is 39.3 Å². The fourth-order valence-corrected chi connectivity index (χ4v) is 5.61. The van der Waals surface area contributed by atoms with Gasteiger partial charge in [0.15, 0.2) is 0 Å². The average molecular weight is 417 g/mol. The second kappa shape index (κ2) is 8.03. The molecular weight excluding hydrogens is 388 g/mol. The predicted octanol–water partition coefficient (Wildman–Crippen LogP) is 0.337. The van der Waals surface area contributed by atoms with E-state index in [1.807, 2.05) is 13.8 Å². The second-order valence-corrected chi connectivity index (χ2v) is 9.45. The van der Waals surface area contributed by atoms with E-state index in [1.165, 1.54) is 8.61 Å². The van der Waals surface area contributed by atoms with Crippen LogP contribution in [0.4, 0.5) is 5.69 Å². The van der Waals surface area contributed by atoms with Crippen molar-refractivity contribution < 1.29 is 18.1 Å². The fourth-order valence-electron chi connectivity index (χ4n) is 3.86. The third-order valence-corrected chi connectivity index (χ3v) is 7.20. The summed E-state index contributed by atoms with van der Waals surface area (Å²) in [5, 5.41) is 15.4. The Morgan fingerprint density at radius 3 is 2.18 bits per heavy atom. The zero-order valence-electron chi connectivity index (χ0n) is 16.7. The summed E-state index contributed by atoms with van der Waals surface area (Å²) in [6.45, 7) is 10.0. The van der Waals surface area contributed by atoms with Gasteiger partial charge >= 0.3 is 5.69 Å². The molecule has 11 nitrogen and oxygen atoms in total. The summed E-state index contributed by atoms with van der Waals surface area (Å²) in [4.78, 5) is 12.8. The van der Waals surface area contributed by atoms with Crippen LogP contribution in [-0.2, 0) is 21.6 Å². The molecule has 2 fully saturated rings. The molecule has 0 amide bonds. The van der Waals surface area contributed by atoms with Crippen molar-refractivity contribution in [1.82, 2.24) is 23.3 Å². The van der Waals surface area contributed by atoms with Crippen molar-refractivity contribution in [1.29, 1.82) is 0 Å². The lowest BCUT2D eigenvalue weighted by Crippen LogP contribution is -2.57. The first kappa shape index (κ1) is 21.1. The first-order valence-corrected chi connectivity index (χ1v) is 10.8. The Kier molecular flexibility index (Phi) is 6.05. The molecule has 0 aromatic carbocycles. The first-order valence-electron chi connectivity index (χ1n) is 9.41. The molecule has 2 saturated heterocycles. The van der Waals surface area contributed by atoms with Gasteiger partial charge in [-0.2, -0.15) is 22.1 Å². The molecule has 2 aliphatic heterocycles. The van der Waals surface area contributed by atoms with Crippen LogP contribution in [-0.4, -0.2) is 88.1 Å². The standard InChI is InChI=1S/C16H28N6O5S/c1-12-9-20(10-13(2)27-12)28(25,26)19-7-5-18(6-8-19)11-21-15(4)16(22(23)24)14(3)17-21/h12-13H,5-11H2,1-4H3/t12-,13-/m0/s1. The largest absolute Gasteiger partial charge is 0.373 e. The van der Waals surface area contributed by atoms with Crippen molar-refractivity contribution in [2.24, 2.45) is 0 Å². The number of nitro groups is 1. The van der Waals surface area contributed by atoms with E-state index in [0.717, 1.165) is 0 Å². The topological polar surface area (TPSA) is 114 Å². The molecule has 1 aromatic heterocycles. The minimum atomic E-state index is -3.52. The summed E-state index contributed by atoms with van der Waals surface area (Å²) in [5.74, 6) is 0. The molecule has 12 heteroatoms. The van der Waals surface area contributed by atoms with Gasteiger partial charge in [0.1, 0.15) is 11.4 Å². The van der Waals surface area contributed by atoms with E-state index in [0.29, 0.717) is 57.3 Å². The average Bonchev–Trinajstić information content (AvgIpc) is 2.88. The molecule has 2 aliphatic rings. The molecule has 1 aromatic rings. The summed E-state index contributed by atoms with van der Waals surface area (Å²) in [6.07, 6.45) is -0.247. The van der Waals surface area contributed by atoms with E-state index in [4.69, 9.17) is 4.74 Å². The normalized spacial score (nSPS) is 25.9. The molecule has 3 rings (SSSR count). The molecule has 0 unspecified atom stereocenters. The summed E-state index contributed by atoms with van der Waals surface area (Å²) >= 11 is 0. The molecule has 158 valence electrons. The van der Waals surface area contributed by atoms with Crippen LogP contribution in [0.1, 0.15) is 25.2 Å². The molecule has 2 atom stereocenters. The fraction of sp³-hybridized carbons (Fsp3) is 0.812. The molecule has 0 spiro atoms. The van der Waals surface area contributed by atoms with Crippen LogP contribution in [0.2, 0.25) is 0 Å². The molecule has 3 heterocycles. The Hall–Kier alpha value is -1.60. The minimum absolute atomic E-state index is 0.0387. The summed E-state index contributed by atoms with van der Waals surface area (Å²) in [7, 11) is -3.52. The highest BCUT2D eigenvalue weighted by atomic mass is 32.2. The maximum absolute atomic E-state index is 13.0. The number of hydrogen-bond acceptors (Lipinski definition) is 7. The van der Waals surface area contributed by atoms with Crippen LogP contribution in [0.25, 0.3) is 0 Å². The minimum Gasteiger partial charge on any atom is -0.373 e. The first-order chi connectivity index (χ1) is 13.1. The number of hydrogen-bond donors (Lipinski definition) is 0. The Morgan fingerprint density at radius 1 is 1.11 bits per heavy atom. The summed E-state index contributed by atoms with van der Waals surface area (Å²) < 4.78 is 36.2. The molecule has 0 bridgehead atoms. The Bertz CT molecular complexity index is 823. The van der Waals surface area contributed by atoms with Crippen LogP contribution >= 0.6 is 0 Å². The van der Waals surface area contributed by atoms with Crippen molar-refractivity contribution in [3.63, 3.8) is 0 Å². The third-order valence-electron chi connectivity index (χ3n) is 5.23. The molecule has 28 heavy (non-hydrogen) atoms. The highest BCUT2D eigenvalue weighted by Crippen LogP contribution is 2.23. The van der Waals surface area contributed by atoms with Gasteiger partial charge in [-0.15, -0.1) is 0 Å². The van der Waals surface area contributed by atoms with Crippen molar-refractivity contribution >= 4 is 15.9 Å². The van der Waals surface area contributed by atoms with E-state index < -0.39 is 15.1 Å². The lowest BCUT2D eigenvalue weighted by atomic mass is 10.3. The third kappa shape index (κ3) is 4.20. The number of aryl methyl sites for hydroxylation is 1. The Labute approximate surface area is 165 Å². The van der Waals surface area contributed by atoms with E-state index in [1.54, 1.807) is 18.5 Å². The highest BCUT2D eigenvalue weighted by molar-refractivity contribution is 7.86. The van der Waals surface area contributed by atoms with Crippen molar-refractivity contribution in [3.8, 4) is 0 Å². The monoisotopic (exact) mass is 416 g/mol. The van der Waals surface area contributed by atoms with Crippen LogP contribution in [0.15, 0.2) is 0 Å². The van der Waals surface area contributed by atoms with Crippen LogP contribution in [0, 0.1) is 24.0 Å². The number of ether oxygens (including phenoxy) is 1. The lowest BCUT2D eigenvalue weighted by Gasteiger charge is -2.40. The maximum Gasteiger partial charge on any atom is 0.312 e. The molecule has 0 saturated carbocycles. The highest BCUT2D eigenvalue weighted by Gasteiger charge is 2.36. The van der Waals surface area contributed by atoms with Gasteiger partial charge in [0.2, 0.25) is 0 Å². The smallest absolute Gasteiger partial charge is 0.312 e. The van der Waals surface area contributed by atoms with Crippen LogP contribution < -0.4 is 0 Å². The SMILES string of the molecule is Cc1nn(CN2CCN(S(=O)(=O)N3C[C@H](C)O[C@@H](C)C3)CC2)c(C)c1[N+](=O)[O-]. The van der Waals surface area contributed by atoms with E-state index in [2.05, 4.69) is 10.00 Å². The van der Waals surface area contributed by atoms with Crippen molar-refractivity contribution in [3.05, 3.63) is 21.5 Å². The molecule has 0 aliphatic carbocycles. The lowest BCUT2D eigenvalue weighted by molar-refractivity contribution is -0.386. The predicted molar refractivity (Wildman–Crippen MR) is 102 cm³/mol. The number of rotatable bonds is 5. The van der Waals surface area contributed by atoms with Crippen LogP contribution in [0.5, 0.6) is 0 Å². The van der Waals surface area contributed by atoms with E-state index in [9.17, 15) is 18.5 Å². The summed E-state index contributed by atoms with van der Waals surface area (Å²) in [6, 6.07) is 0. The van der Waals surface area contributed by atoms with Gasteiger partial charge in [0.25, 0.3) is 10.2 Å². The summed E-state index contributed by atoms with van der Waals surface area (Å²) in [5.41, 5.74) is 0.935. The number of piperazine rings is 1. The van der Waals surface area contributed by atoms with E-state index >= 15 is 0 Å². The van der Waals surface area contributed by atoms with Gasteiger partial charge in [0.05, 0.1) is 23.8 Å². The zero-order chi connectivity index (χ0) is 20.6. The Morgan fingerprint density at radius 2 is 1.68 bits per heavy atom. The second-order valence-electron chi connectivity index (χ2n) is 7.52.